The lowest BCUT2D eigenvalue weighted by molar-refractivity contribution is -0.175. The summed E-state index contributed by atoms with van der Waals surface area (Å²) in [6.07, 6.45) is -4.72. The van der Waals surface area contributed by atoms with Gasteiger partial charge in [0.1, 0.15) is 6.61 Å². The van der Waals surface area contributed by atoms with Gasteiger partial charge in [0.2, 0.25) is 0 Å². The highest BCUT2D eigenvalue weighted by Gasteiger charge is 2.41. The lowest BCUT2D eigenvalue weighted by atomic mass is 10.1. The van der Waals surface area contributed by atoms with Gasteiger partial charge in [-0.1, -0.05) is 29.8 Å². The monoisotopic (exact) mass is 285 g/mol. The van der Waals surface area contributed by atoms with E-state index in [1.165, 1.54) is 6.07 Å². The van der Waals surface area contributed by atoms with Crippen molar-refractivity contribution in [1.29, 1.82) is 0 Å². The normalized spacial score (nSPS) is 13.9. The number of alkyl halides is 4. The van der Waals surface area contributed by atoms with E-state index in [2.05, 4.69) is 0 Å². The van der Waals surface area contributed by atoms with Gasteiger partial charge < -0.3 is 10.5 Å². The van der Waals surface area contributed by atoms with E-state index in [1.54, 1.807) is 18.2 Å². The molecule has 1 aromatic carbocycles. The number of benzene rings is 1. The molecule has 0 fully saturated rings. The van der Waals surface area contributed by atoms with Gasteiger partial charge in [-0.15, -0.1) is 0 Å². The molecule has 102 valence electrons. The molecule has 0 aliphatic carbocycles. The maximum Gasteiger partial charge on any atom is 0.330 e. The predicted molar refractivity (Wildman–Crippen MR) is 60.2 cm³/mol. The van der Waals surface area contributed by atoms with Crippen molar-refractivity contribution in [3.8, 4) is 0 Å². The quantitative estimate of drug-likeness (QED) is 0.814. The molecule has 1 aromatic rings. The Morgan fingerprint density at radius 3 is 2.39 bits per heavy atom. The van der Waals surface area contributed by atoms with Gasteiger partial charge in [0.05, 0.1) is 6.10 Å². The number of rotatable bonds is 6. The lowest BCUT2D eigenvalue weighted by Crippen LogP contribution is -2.34. The summed E-state index contributed by atoms with van der Waals surface area (Å²) >= 11 is 5.84. The molecule has 18 heavy (non-hydrogen) atoms. The molecule has 0 saturated carbocycles. The van der Waals surface area contributed by atoms with E-state index in [4.69, 9.17) is 22.1 Å². The minimum absolute atomic E-state index is 0.136. The first-order valence-corrected chi connectivity index (χ1v) is 5.48. The highest BCUT2D eigenvalue weighted by molar-refractivity contribution is 6.31. The fraction of sp³-hybridized carbons (Fsp3) is 0.455. The van der Waals surface area contributed by atoms with Crippen molar-refractivity contribution in [3.05, 3.63) is 34.9 Å². The van der Waals surface area contributed by atoms with E-state index < -0.39 is 25.1 Å². The molecule has 0 bridgehead atoms. The molecule has 0 amide bonds. The van der Waals surface area contributed by atoms with Crippen molar-refractivity contribution >= 4 is 11.6 Å². The maximum atomic E-state index is 12.7. The van der Waals surface area contributed by atoms with Crippen LogP contribution in [0, 0.1) is 0 Å². The van der Waals surface area contributed by atoms with Crippen LogP contribution in [-0.4, -0.2) is 25.5 Å². The van der Waals surface area contributed by atoms with Crippen LogP contribution in [0.2, 0.25) is 5.02 Å². The highest BCUT2D eigenvalue weighted by atomic mass is 35.5. The Balaban J connectivity index is 2.72. The summed E-state index contributed by atoms with van der Waals surface area (Å²) in [5.41, 5.74) is 5.76. The lowest BCUT2D eigenvalue weighted by Gasteiger charge is -2.21. The standard InChI is InChI=1S/C11H12ClF4NO/c12-8-4-2-1-3-7(8)9(5-17)18-6-11(15,16)10(13)14/h1-4,9-10H,5-6,17H2. The Morgan fingerprint density at radius 1 is 1.28 bits per heavy atom. The molecule has 0 aliphatic heterocycles. The van der Waals surface area contributed by atoms with Gasteiger partial charge in [-0.05, 0) is 6.07 Å². The molecular formula is C11H12ClF4NO. The minimum atomic E-state index is -4.20. The van der Waals surface area contributed by atoms with Crippen molar-refractivity contribution in [2.75, 3.05) is 13.2 Å². The molecule has 1 unspecified atom stereocenters. The molecule has 0 spiro atoms. The SMILES string of the molecule is NCC(OCC(F)(F)C(F)F)c1ccccc1Cl. The number of halogens is 5. The number of ether oxygens (including phenoxy) is 1. The van der Waals surface area contributed by atoms with E-state index in [0.717, 1.165) is 0 Å². The molecule has 0 radical (unpaired) electrons. The van der Waals surface area contributed by atoms with Gasteiger partial charge >= 0.3 is 12.3 Å². The van der Waals surface area contributed by atoms with E-state index in [1.807, 2.05) is 0 Å². The third-order valence-corrected chi connectivity index (χ3v) is 2.61. The Morgan fingerprint density at radius 2 is 1.89 bits per heavy atom. The Labute approximate surface area is 107 Å². The van der Waals surface area contributed by atoms with Crippen molar-refractivity contribution < 1.29 is 22.3 Å². The van der Waals surface area contributed by atoms with Crippen molar-refractivity contribution in [2.24, 2.45) is 5.73 Å². The fourth-order valence-electron chi connectivity index (χ4n) is 1.30. The molecule has 2 nitrogen and oxygen atoms in total. The summed E-state index contributed by atoms with van der Waals surface area (Å²) in [5.74, 6) is -4.20. The zero-order valence-corrected chi connectivity index (χ0v) is 10.0. The first-order chi connectivity index (χ1) is 8.38. The average Bonchev–Trinajstić information content (AvgIpc) is 2.31. The summed E-state index contributed by atoms with van der Waals surface area (Å²) in [7, 11) is 0. The maximum absolute atomic E-state index is 12.7. The molecule has 0 aromatic heterocycles. The molecule has 0 aliphatic rings. The largest absolute Gasteiger partial charge is 0.366 e. The van der Waals surface area contributed by atoms with E-state index >= 15 is 0 Å². The van der Waals surface area contributed by atoms with Gasteiger partial charge in [0, 0.05) is 17.1 Å². The first-order valence-electron chi connectivity index (χ1n) is 5.10. The van der Waals surface area contributed by atoms with Gasteiger partial charge in [0.25, 0.3) is 0 Å². The van der Waals surface area contributed by atoms with E-state index in [0.29, 0.717) is 5.56 Å². The summed E-state index contributed by atoms with van der Waals surface area (Å²) in [6, 6.07) is 6.35. The van der Waals surface area contributed by atoms with Crippen LogP contribution in [0.15, 0.2) is 24.3 Å². The zero-order chi connectivity index (χ0) is 13.8. The number of hydrogen-bond acceptors (Lipinski definition) is 2. The summed E-state index contributed by atoms with van der Waals surface area (Å²) in [6.45, 7) is -1.54. The van der Waals surface area contributed by atoms with Crippen LogP contribution in [0.4, 0.5) is 17.6 Å². The highest BCUT2D eigenvalue weighted by Crippen LogP contribution is 2.29. The van der Waals surface area contributed by atoms with Crippen LogP contribution in [0.5, 0.6) is 0 Å². The number of hydrogen-bond donors (Lipinski definition) is 1. The van der Waals surface area contributed by atoms with E-state index in [-0.39, 0.29) is 11.6 Å². The van der Waals surface area contributed by atoms with Crippen molar-refractivity contribution in [3.63, 3.8) is 0 Å². The van der Waals surface area contributed by atoms with Gasteiger partial charge in [-0.25, -0.2) is 8.78 Å². The van der Waals surface area contributed by atoms with Crippen LogP contribution in [0.25, 0.3) is 0 Å². The van der Waals surface area contributed by atoms with Crippen LogP contribution in [-0.2, 0) is 4.74 Å². The van der Waals surface area contributed by atoms with Gasteiger partial charge in [-0.3, -0.25) is 0 Å². The minimum Gasteiger partial charge on any atom is -0.366 e. The van der Waals surface area contributed by atoms with E-state index in [9.17, 15) is 17.6 Å². The van der Waals surface area contributed by atoms with Crippen LogP contribution < -0.4 is 5.73 Å². The molecule has 0 saturated heterocycles. The Kier molecular flexibility index (Phi) is 5.37. The van der Waals surface area contributed by atoms with Crippen LogP contribution in [0.1, 0.15) is 11.7 Å². The fourth-order valence-corrected chi connectivity index (χ4v) is 1.55. The first kappa shape index (κ1) is 15.2. The topological polar surface area (TPSA) is 35.2 Å². The molecule has 0 heterocycles. The van der Waals surface area contributed by atoms with Crippen molar-refractivity contribution in [1.82, 2.24) is 0 Å². The van der Waals surface area contributed by atoms with Crippen LogP contribution >= 0.6 is 11.6 Å². The molecule has 2 N–H and O–H groups in total. The second-order valence-corrected chi connectivity index (χ2v) is 4.03. The summed E-state index contributed by atoms with van der Waals surface area (Å²) < 4.78 is 54.1. The van der Waals surface area contributed by atoms with Gasteiger partial charge in [-0.2, -0.15) is 8.78 Å². The molecule has 7 heteroatoms. The molecule has 1 atom stereocenters. The Bertz CT molecular complexity index is 389. The second kappa shape index (κ2) is 6.36. The average molecular weight is 286 g/mol. The summed E-state index contributed by atoms with van der Waals surface area (Å²) in [5, 5.41) is 0.285. The third kappa shape index (κ3) is 3.83. The van der Waals surface area contributed by atoms with Crippen molar-refractivity contribution in [2.45, 2.75) is 18.5 Å². The third-order valence-electron chi connectivity index (χ3n) is 2.26. The van der Waals surface area contributed by atoms with Crippen LogP contribution in [0.3, 0.4) is 0 Å². The summed E-state index contributed by atoms with van der Waals surface area (Å²) in [4.78, 5) is 0. The zero-order valence-electron chi connectivity index (χ0n) is 9.25. The predicted octanol–water partition coefficient (Wildman–Crippen LogP) is 3.26. The second-order valence-electron chi connectivity index (χ2n) is 3.62. The molecular weight excluding hydrogens is 274 g/mol. The number of nitrogens with two attached hydrogens (primary N) is 1. The molecule has 1 rings (SSSR count). The smallest absolute Gasteiger partial charge is 0.330 e. The Hall–Kier alpha value is -0.850. The van der Waals surface area contributed by atoms with Gasteiger partial charge in [0.15, 0.2) is 0 Å².